The SMILES string of the molecule is O=C(CN1CCNC(C(=O)O)C1)c1ccco1. The molecule has 1 aliphatic rings. The molecule has 1 aliphatic heterocycles. The minimum absolute atomic E-state index is 0.124. The molecule has 0 radical (unpaired) electrons. The lowest BCUT2D eigenvalue weighted by molar-refractivity contribution is -0.140. The highest BCUT2D eigenvalue weighted by molar-refractivity contribution is 5.95. The highest BCUT2D eigenvalue weighted by Crippen LogP contribution is 2.05. The Morgan fingerprint density at radius 3 is 3.06 bits per heavy atom. The highest BCUT2D eigenvalue weighted by Gasteiger charge is 2.26. The van der Waals surface area contributed by atoms with E-state index in [1.54, 1.807) is 12.1 Å². The summed E-state index contributed by atoms with van der Waals surface area (Å²) in [4.78, 5) is 24.4. The van der Waals surface area contributed by atoms with Crippen molar-refractivity contribution >= 4 is 11.8 Å². The minimum atomic E-state index is -0.889. The lowest BCUT2D eigenvalue weighted by Gasteiger charge is -2.30. The Morgan fingerprint density at radius 2 is 2.41 bits per heavy atom. The molecule has 1 fully saturated rings. The van der Waals surface area contributed by atoms with E-state index >= 15 is 0 Å². The number of hydrogen-bond donors (Lipinski definition) is 2. The van der Waals surface area contributed by atoms with E-state index in [2.05, 4.69) is 5.32 Å². The maximum absolute atomic E-state index is 11.7. The molecule has 6 nitrogen and oxygen atoms in total. The monoisotopic (exact) mass is 238 g/mol. The molecule has 2 N–H and O–H groups in total. The van der Waals surface area contributed by atoms with Crippen molar-refractivity contribution in [3.8, 4) is 0 Å². The van der Waals surface area contributed by atoms with Crippen molar-refractivity contribution in [2.75, 3.05) is 26.2 Å². The normalized spacial score (nSPS) is 21.3. The molecule has 0 aliphatic carbocycles. The predicted molar refractivity (Wildman–Crippen MR) is 58.9 cm³/mol. The fraction of sp³-hybridized carbons (Fsp3) is 0.455. The third-order valence-corrected chi connectivity index (χ3v) is 2.72. The van der Waals surface area contributed by atoms with Gasteiger partial charge in [-0.3, -0.25) is 14.5 Å². The maximum Gasteiger partial charge on any atom is 0.322 e. The van der Waals surface area contributed by atoms with E-state index in [4.69, 9.17) is 9.52 Å². The van der Waals surface area contributed by atoms with Crippen LogP contribution in [0.25, 0.3) is 0 Å². The number of hydrogen-bond acceptors (Lipinski definition) is 5. The molecule has 2 heterocycles. The molecule has 17 heavy (non-hydrogen) atoms. The van der Waals surface area contributed by atoms with Gasteiger partial charge in [0, 0.05) is 19.6 Å². The first-order chi connectivity index (χ1) is 8.16. The van der Waals surface area contributed by atoms with Crippen LogP contribution in [-0.4, -0.2) is 54.0 Å². The fourth-order valence-electron chi connectivity index (χ4n) is 1.84. The van der Waals surface area contributed by atoms with Crippen LogP contribution in [-0.2, 0) is 4.79 Å². The van der Waals surface area contributed by atoms with E-state index in [0.717, 1.165) is 0 Å². The molecule has 92 valence electrons. The van der Waals surface area contributed by atoms with E-state index in [1.165, 1.54) is 6.26 Å². The van der Waals surface area contributed by atoms with Crippen LogP contribution in [0.5, 0.6) is 0 Å². The van der Waals surface area contributed by atoms with E-state index in [1.807, 2.05) is 4.90 Å². The summed E-state index contributed by atoms with van der Waals surface area (Å²) in [5.74, 6) is -0.698. The lowest BCUT2D eigenvalue weighted by Crippen LogP contribution is -2.55. The predicted octanol–water partition coefficient (Wildman–Crippen LogP) is -0.179. The third-order valence-electron chi connectivity index (χ3n) is 2.72. The zero-order valence-corrected chi connectivity index (χ0v) is 9.26. The van der Waals surface area contributed by atoms with Gasteiger partial charge in [-0.15, -0.1) is 0 Å². The average molecular weight is 238 g/mol. The van der Waals surface area contributed by atoms with Crippen molar-refractivity contribution < 1.29 is 19.1 Å². The van der Waals surface area contributed by atoms with Crippen molar-refractivity contribution in [2.24, 2.45) is 0 Å². The average Bonchev–Trinajstić information content (AvgIpc) is 2.82. The second-order valence-corrected chi connectivity index (χ2v) is 3.98. The number of ketones is 1. The molecule has 1 saturated heterocycles. The van der Waals surface area contributed by atoms with Gasteiger partial charge in [-0.25, -0.2) is 0 Å². The van der Waals surface area contributed by atoms with Crippen LogP contribution in [0.1, 0.15) is 10.6 Å². The number of furan rings is 1. The quantitative estimate of drug-likeness (QED) is 0.708. The standard InChI is InChI=1S/C11H14N2O4/c14-9(10-2-1-5-17-10)7-13-4-3-12-8(6-13)11(15)16/h1-2,5,8,12H,3-4,6-7H2,(H,15,16). The van der Waals surface area contributed by atoms with Crippen molar-refractivity contribution in [2.45, 2.75) is 6.04 Å². The highest BCUT2D eigenvalue weighted by atomic mass is 16.4. The van der Waals surface area contributed by atoms with Gasteiger partial charge < -0.3 is 14.8 Å². The molecule has 1 aromatic heterocycles. The molecule has 2 rings (SSSR count). The molecule has 0 aromatic carbocycles. The number of carboxylic acid groups (broad SMARTS) is 1. The smallest absolute Gasteiger partial charge is 0.322 e. The molecule has 0 saturated carbocycles. The Morgan fingerprint density at radius 1 is 1.59 bits per heavy atom. The fourth-order valence-corrected chi connectivity index (χ4v) is 1.84. The summed E-state index contributed by atoms with van der Waals surface area (Å²) >= 11 is 0. The number of piperazine rings is 1. The topological polar surface area (TPSA) is 82.8 Å². The number of carbonyl (C=O) groups excluding carboxylic acids is 1. The lowest BCUT2D eigenvalue weighted by atomic mass is 10.2. The van der Waals surface area contributed by atoms with E-state index in [9.17, 15) is 9.59 Å². The van der Waals surface area contributed by atoms with E-state index < -0.39 is 12.0 Å². The van der Waals surface area contributed by atoms with Gasteiger partial charge in [0.05, 0.1) is 12.8 Å². The summed E-state index contributed by atoms with van der Waals surface area (Å²) in [6, 6.07) is 2.66. The number of carbonyl (C=O) groups is 2. The Kier molecular flexibility index (Phi) is 3.55. The van der Waals surface area contributed by atoms with E-state index in [0.29, 0.717) is 25.4 Å². The summed E-state index contributed by atoms with van der Waals surface area (Å²) in [7, 11) is 0. The summed E-state index contributed by atoms with van der Waals surface area (Å²) in [5, 5.41) is 11.8. The molecular weight excluding hydrogens is 224 g/mol. The van der Waals surface area contributed by atoms with Crippen LogP contribution in [0.15, 0.2) is 22.8 Å². The first-order valence-electron chi connectivity index (χ1n) is 5.42. The zero-order chi connectivity index (χ0) is 12.3. The summed E-state index contributed by atoms with van der Waals surface area (Å²) in [6.07, 6.45) is 1.45. The Balaban J connectivity index is 1.91. The minimum Gasteiger partial charge on any atom is -0.480 e. The number of aliphatic carboxylic acids is 1. The van der Waals surface area contributed by atoms with Gasteiger partial charge in [0.1, 0.15) is 6.04 Å². The van der Waals surface area contributed by atoms with Gasteiger partial charge >= 0.3 is 5.97 Å². The van der Waals surface area contributed by atoms with Crippen molar-refractivity contribution in [3.05, 3.63) is 24.2 Å². The maximum atomic E-state index is 11.7. The first-order valence-corrected chi connectivity index (χ1v) is 5.42. The van der Waals surface area contributed by atoms with Crippen LogP contribution in [0, 0.1) is 0 Å². The molecule has 1 unspecified atom stereocenters. The number of nitrogens with one attached hydrogen (secondary N) is 1. The summed E-state index contributed by atoms with van der Waals surface area (Å²) in [6.45, 7) is 1.76. The molecule has 6 heteroatoms. The van der Waals surface area contributed by atoms with Crippen LogP contribution >= 0.6 is 0 Å². The molecule has 0 spiro atoms. The van der Waals surface area contributed by atoms with Crippen molar-refractivity contribution in [1.29, 1.82) is 0 Å². The molecular formula is C11H14N2O4. The summed E-state index contributed by atoms with van der Waals surface area (Å²) in [5.41, 5.74) is 0. The van der Waals surface area contributed by atoms with Gasteiger partial charge in [-0.2, -0.15) is 0 Å². The third kappa shape index (κ3) is 2.92. The first kappa shape index (κ1) is 11.8. The van der Waals surface area contributed by atoms with Crippen LogP contribution in [0.2, 0.25) is 0 Å². The molecule has 1 aromatic rings. The number of carboxylic acids is 1. The van der Waals surface area contributed by atoms with Crippen molar-refractivity contribution in [1.82, 2.24) is 10.2 Å². The van der Waals surface area contributed by atoms with Crippen LogP contribution in [0.3, 0.4) is 0 Å². The number of Topliss-reactive ketones (excluding diaryl/α,β-unsaturated/α-hetero) is 1. The Bertz CT molecular complexity index is 402. The van der Waals surface area contributed by atoms with Crippen molar-refractivity contribution in [3.63, 3.8) is 0 Å². The van der Waals surface area contributed by atoms with Gasteiger partial charge in [-0.1, -0.05) is 0 Å². The van der Waals surface area contributed by atoms with Gasteiger partial charge in [0.25, 0.3) is 0 Å². The van der Waals surface area contributed by atoms with Gasteiger partial charge in [0.15, 0.2) is 5.76 Å². The van der Waals surface area contributed by atoms with E-state index in [-0.39, 0.29) is 12.3 Å². The summed E-state index contributed by atoms with van der Waals surface area (Å²) < 4.78 is 5.00. The molecule has 0 amide bonds. The second kappa shape index (κ2) is 5.11. The number of nitrogens with zero attached hydrogens (tertiary/aromatic N) is 1. The molecule has 0 bridgehead atoms. The molecule has 1 atom stereocenters. The Labute approximate surface area is 98.2 Å². The zero-order valence-electron chi connectivity index (χ0n) is 9.26. The van der Waals surface area contributed by atoms with Crippen LogP contribution in [0.4, 0.5) is 0 Å². The van der Waals surface area contributed by atoms with Gasteiger partial charge in [-0.05, 0) is 12.1 Å². The number of rotatable bonds is 4. The van der Waals surface area contributed by atoms with Gasteiger partial charge in [0.2, 0.25) is 5.78 Å². The largest absolute Gasteiger partial charge is 0.480 e. The van der Waals surface area contributed by atoms with Crippen LogP contribution < -0.4 is 5.32 Å². The Hall–Kier alpha value is -1.66. The second-order valence-electron chi connectivity index (χ2n) is 3.98.